The summed E-state index contributed by atoms with van der Waals surface area (Å²) in [6.45, 7) is 0.882. The van der Waals surface area contributed by atoms with Crippen LogP contribution in [0.25, 0.3) is 0 Å². The second-order valence-electron chi connectivity index (χ2n) is 6.10. The molecule has 0 aliphatic heterocycles. The molecule has 0 unspecified atom stereocenters. The number of ether oxygens (including phenoxy) is 2. The van der Waals surface area contributed by atoms with Crippen LogP contribution in [-0.4, -0.2) is 37.4 Å². The Hall–Kier alpha value is -3.07. The van der Waals surface area contributed by atoms with Crippen LogP contribution >= 0.6 is 0 Å². The van der Waals surface area contributed by atoms with E-state index in [2.05, 4.69) is 4.74 Å². The summed E-state index contributed by atoms with van der Waals surface area (Å²) in [5.41, 5.74) is -2.81. The number of nitrogens with two attached hydrogens (primary N) is 1. The van der Waals surface area contributed by atoms with E-state index < -0.39 is 23.7 Å². The molecule has 2 aromatic carbocycles. The Morgan fingerprint density at radius 2 is 1.66 bits per heavy atom. The van der Waals surface area contributed by atoms with Crippen molar-refractivity contribution in [2.45, 2.75) is 25.3 Å². The lowest BCUT2D eigenvalue weighted by molar-refractivity contribution is -0.757. The lowest BCUT2D eigenvalue weighted by Crippen LogP contribution is -3.06. The van der Waals surface area contributed by atoms with E-state index in [4.69, 9.17) is 4.74 Å². The Balaban J connectivity index is 2.36. The standard InChI is InChI=1S/C20H21F3N2O4/c1-3-29-18(27)19(20(21,22)23,25-17(26)15-7-5-4-6-8-15)24-13-14-9-11-16(28-2)12-10-14/h4-12,24H,3,13H2,1-2H3,(H,25,26)/p+1/t19-/m1/s1. The predicted octanol–water partition coefficient (Wildman–Crippen LogP) is 2.01. The molecule has 6 nitrogen and oxygen atoms in total. The van der Waals surface area contributed by atoms with Gasteiger partial charge in [-0.3, -0.25) is 10.1 Å². The topological polar surface area (TPSA) is 81.2 Å². The van der Waals surface area contributed by atoms with Crippen molar-refractivity contribution in [3.05, 3.63) is 65.7 Å². The monoisotopic (exact) mass is 411 g/mol. The summed E-state index contributed by atoms with van der Waals surface area (Å²) in [6, 6.07) is 13.7. The highest BCUT2D eigenvalue weighted by molar-refractivity contribution is 5.97. The summed E-state index contributed by atoms with van der Waals surface area (Å²) in [5, 5.41) is 2.56. The van der Waals surface area contributed by atoms with E-state index in [0.29, 0.717) is 16.6 Å². The van der Waals surface area contributed by atoms with Gasteiger partial charge < -0.3 is 14.8 Å². The zero-order valence-electron chi connectivity index (χ0n) is 16.0. The molecule has 0 bridgehead atoms. The molecule has 0 aliphatic carbocycles. The average Bonchev–Trinajstić information content (AvgIpc) is 2.71. The average molecular weight is 411 g/mol. The van der Waals surface area contributed by atoms with Gasteiger partial charge in [0.15, 0.2) is 0 Å². The Bertz CT molecular complexity index is 826. The van der Waals surface area contributed by atoms with Crippen LogP contribution in [-0.2, 0) is 16.1 Å². The molecule has 2 aromatic rings. The van der Waals surface area contributed by atoms with Crippen molar-refractivity contribution >= 4 is 11.9 Å². The molecule has 29 heavy (non-hydrogen) atoms. The van der Waals surface area contributed by atoms with E-state index in [1.165, 1.54) is 38.3 Å². The Kier molecular flexibility index (Phi) is 7.22. The first-order valence-electron chi connectivity index (χ1n) is 8.82. The molecular formula is C20H22F3N2O4+. The summed E-state index contributed by atoms with van der Waals surface area (Å²) in [6.07, 6.45) is -5.11. The third-order valence-corrected chi connectivity index (χ3v) is 4.19. The molecule has 0 radical (unpaired) electrons. The smallest absolute Gasteiger partial charge is 0.478 e. The molecule has 0 aliphatic rings. The van der Waals surface area contributed by atoms with Crippen molar-refractivity contribution in [3.8, 4) is 5.75 Å². The number of methoxy groups -OCH3 is 1. The largest absolute Gasteiger partial charge is 0.497 e. The molecule has 156 valence electrons. The van der Waals surface area contributed by atoms with Gasteiger partial charge in [0.05, 0.1) is 13.7 Å². The number of halogens is 3. The Morgan fingerprint density at radius 1 is 1.03 bits per heavy atom. The van der Waals surface area contributed by atoms with Crippen LogP contribution in [0.15, 0.2) is 54.6 Å². The van der Waals surface area contributed by atoms with Crippen LogP contribution in [0.1, 0.15) is 22.8 Å². The van der Waals surface area contributed by atoms with Gasteiger partial charge in [0.1, 0.15) is 12.3 Å². The minimum atomic E-state index is -5.11. The van der Waals surface area contributed by atoms with Crippen molar-refractivity contribution in [1.82, 2.24) is 5.32 Å². The highest BCUT2D eigenvalue weighted by Crippen LogP contribution is 2.27. The van der Waals surface area contributed by atoms with Crippen molar-refractivity contribution in [1.29, 1.82) is 0 Å². The summed E-state index contributed by atoms with van der Waals surface area (Å²) < 4.78 is 51.9. The van der Waals surface area contributed by atoms with Gasteiger partial charge in [-0.25, -0.2) is 4.79 Å². The summed E-state index contributed by atoms with van der Waals surface area (Å²) in [7, 11) is 1.47. The van der Waals surface area contributed by atoms with Crippen LogP contribution in [0, 0.1) is 0 Å². The molecule has 0 saturated carbocycles. The van der Waals surface area contributed by atoms with Crippen molar-refractivity contribution in [2.75, 3.05) is 13.7 Å². The second kappa shape index (κ2) is 9.42. The first kappa shape index (κ1) is 22.2. The molecule has 0 aromatic heterocycles. The van der Waals surface area contributed by atoms with E-state index in [1.807, 2.05) is 5.32 Å². The molecular weight excluding hydrogens is 389 g/mol. The van der Waals surface area contributed by atoms with Gasteiger partial charge in [-0.2, -0.15) is 13.2 Å². The summed E-state index contributed by atoms with van der Waals surface area (Å²) >= 11 is 0. The van der Waals surface area contributed by atoms with Gasteiger partial charge in [-0.1, -0.05) is 18.2 Å². The number of carbonyl (C=O) groups excluding carboxylic acids is 2. The number of amides is 1. The first-order valence-corrected chi connectivity index (χ1v) is 8.82. The van der Waals surface area contributed by atoms with E-state index in [1.54, 1.807) is 30.3 Å². The third kappa shape index (κ3) is 5.26. The molecule has 3 N–H and O–H groups in total. The number of rotatable bonds is 8. The predicted molar refractivity (Wildman–Crippen MR) is 98.0 cm³/mol. The highest BCUT2D eigenvalue weighted by Gasteiger charge is 2.67. The van der Waals surface area contributed by atoms with Crippen molar-refractivity contribution < 1.29 is 37.6 Å². The van der Waals surface area contributed by atoms with Crippen LogP contribution in [0.4, 0.5) is 13.2 Å². The molecule has 0 fully saturated rings. The van der Waals surface area contributed by atoms with Gasteiger partial charge in [0, 0.05) is 11.1 Å². The highest BCUT2D eigenvalue weighted by atomic mass is 19.4. The quantitative estimate of drug-likeness (QED) is 0.514. The molecule has 9 heteroatoms. The lowest BCUT2D eigenvalue weighted by Gasteiger charge is -2.31. The number of alkyl halides is 3. The molecule has 0 saturated heterocycles. The van der Waals surface area contributed by atoms with Gasteiger partial charge >= 0.3 is 17.8 Å². The van der Waals surface area contributed by atoms with Crippen molar-refractivity contribution in [3.63, 3.8) is 0 Å². The van der Waals surface area contributed by atoms with Gasteiger partial charge in [-0.05, 0) is 43.3 Å². The molecule has 0 heterocycles. The maximum atomic E-state index is 14.1. The second-order valence-corrected chi connectivity index (χ2v) is 6.10. The number of hydrogen-bond acceptors (Lipinski definition) is 4. The number of esters is 1. The zero-order chi connectivity index (χ0) is 21.5. The number of quaternary nitrogens is 1. The van der Waals surface area contributed by atoms with E-state index >= 15 is 0 Å². The fourth-order valence-corrected chi connectivity index (χ4v) is 2.61. The van der Waals surface area contributed by atoms with E-state index in [0.717, 1.165) is 0 Å². The Morgan fingerprint density at radius 3 is 2.17 bits per heavy atom. The van der Waals surface area contributed by atoms with Crippen LogP contribution in [0.3, 0.4) is 0 Å². The maximum Gasteiger partial charge on any atom is 0.478 e. The number of benzene rings is 2. The number of hydrogen-bond donors (Lipinski definition) is 2. The fourth-order valence-electron chi connectivity index (χ4n) is 2.61. The minimum absolute atomic E-state index is 0.0109. The first-order chi connectivity index (χ1) is 13.7. The molecule has 1 atom stereocenters. The SMILES string of the molecule is CCOC(=O)[C@](NC(=O)c1ccccc1)([NH2+]Cc1ccc(OC)cc1)C(F)(F)F. The normalized spacial score (nSPS) is 13.3. The minimum Gasteiger partial charge on any atom is -0.497 e. The summed E-state index contributed by atoms with van der Waals surface area (Å²) in [5.74, 6) is -2.09. The molecule has 0 spiro atoms. The third-order valence-electron chi connectivity index (χ3n) is 4.19. The number of carbonyl (C=O) groups is 2. The maximum absolute atomic E-state index is 14.1. The summed E-state index contributed by atoms with van der Waals surface area (Å²) in [4.78, 5) is 24.8. The Labute approximate surface area is 166 Å². The van der Waals surface area contributed by atoms with E-state index in [9.17, 15) is 22.8 Å². The number of nitrogens with one attached hydrogen (secondary N) is 1. The van der Waals surface area contributed by atoms with Crippen molar-refractivity contribution in [2.24, 2.45) is 0 Å². The zero-order valence-corrected chi connectivity index (χ0v) is 16.0. The van der Waals surface area contributed by atoms with Crippen LogP contribution in [0.2, 0.25) is 0 Å². The molecule has 2 rings (SSSR count). The van der Waals surface area contributed by atoms with E-state index in [-0.39, 0.29) is 18.7 Å². The van der Waals surface area contributed by atoms with Gasteiger partial charge in [0.25, 0.3) is 5.91 Å². The van der Waals surface area contributed by atoms with Crippen LogP contribution in [0.5, 0.6) is 5.75 Å². The lowest BCUT2D eigenvalue weighted by atomic mass is 10.1. The molecule has 1 amide bonds. The van der Waals surface area contributed by atoms with Gasteiger partial charge in [0.2, 0.25) is 0 Å². The van der Waals surface area contributed by atoms with Crippen LogP contribution < -0.4 is 15.4 Å². The van der Waals surface area contributed by atoms with Gasteiger partial charge in [-0.15, -0.1) is 0 Å². The fraction of sp³-hybridized carbons (Fsp3) is 0.300.